The fourth-order valence-electron chi connectivity index (χ4n) is 8.30. The van der Waals surface area contributed by atoms with Gasteiger partial charge in [0.1, 0.15) is 11.7 Å². The van der Waals surface area contributed by atoms with Crippen LogP contribution in [0.1, 0.15) is 111 Å². The molecule has 3 saturated carbocycles. The van der Waals surface area contributed by atoms with Crippen molar-refractivity contribution in [3.63, 3.8) is 0 Å². The molecule has 0 bridgehead atoms. The summed E-state index contributed by atoms with van der Waals surface area (Å²) in [5, 5.41) is 32.8. The maximum atomic E-state index is 11.5. The molecule has 0 heterocycles. The maximum absolute atomic E-state index is 11.5. The third-order valence-corrected chi connectivity index (χ3v) is 10.4. The summed E-state index contributed by atoms with van der Waals surface area (Å²) in [4.78, 5) is 0. The Hall–Kier alpha value is -0.380. The number of aliphatic hydroxyl groups excluding tert-OH is 2. The van der Waals surface area contributed by atoms with E-state index < -0.39 is 17.8 Å². The van der Waals surface area contributed by atoms with Crippen molar-refractivity contribution in [2.75, 3.05) is 0 Å². The Bertz CT molecular complexity index is 644. The van der Waals surface area contributed by atoms with Gasteiger partial charge in [0, 0.05) is 11.8 Å². The average molecular weight is 419 g/mol. The van der Waals surface area contributed by atoms with E-state index in [1.807, 2.05) is 6.08 Å². The van der Waals surface area contributed by atoms with Gasteiger partial charge < -0.3 is 15.3 Å². The highest BCUT2D eigenvalue weighted by molar-refractivity contribution is 5.33. The zero-order chi connectivity index (χ0) is 21.6. The highest BCUT2D eigenvalue weighted by Gasteiger charge is 2.64. The lowest BCUT2D eigenvalue weighted by molar-refractivity contribution is -0.210. The molecule has 0 aliphatic heterocycles. The zero-order valence-corrected chi connectivity index (χ0v) is 19.7. The van der Waals surface area contributed by atoms with Gasteiger partial charge in [0.25, 0.3) is 0 Å². The molecule has 3 fully saturated rings. The van der Waals surface area contributed by atoms with Gasteiger partial charge in [-0.25, -0.2) is 0 Å². The zero-order valence-electron chi connectivity index (χ0n) is 19.7. The van der Waals surface area contributed by atoms with Gasteiger partial charge in [-0.2, -0.15) is 0 Å². The summed E-state index contributed by atoms with van der Waals surface area (Å²) in [6.45, 7) is 7.01. The third kappa shape index (κ3) is 3.52. The van der Waals surface area contributed by atoms with E-state index in [0.29, 0.717) is 23.7 Å². The molecule has 3 heteroatoms. The molecular weight excluding hydrogens is 372 g/mol. The summed E-state index contributed by atoms with van der Waals surface area (Å²) in [5.74, 6) is 1.75. The molecule has 30 heavy (non-hydrogen) atoms. The second kappa shape index (κ2) is 8.52. The summed E-state index contributed by atoms with van der Waals surface area (Å²) in [6, 6.07) is 0. The van der Waals surface area contributed by atoms with Crippen LogP contribution in [0.2, 0.25) is 0 Å². The van der Waals surface area contributed by atoms with Gasteiger partial charge >= 0.3 is 0 Å². The number of hydrogen-bond donors (Lipinski definition) is 3. The minimum absolute atomic E-state index is 0.311. The molecule has 4 aliphatic rings. The Morgan fingerprint density at radius 3 is 2.40 bits per heavy atom. The number of unbranched alkanes of at least 4 members (excludes halogenated alkanes) is 5. The van der Waals surface area contributed by atoms with Crippen LogP contribution in [0, 0.1) is 28.6 Å². The van der Waals surface area contributed by atoms with Crippen molar-refractivity contribution in [3.05, 3.63) is 11.6 Å². The molecule has 0 aromatic rings. The fraction of sp³-hybridized carbons (Fsp3) is 0.926. The Morgan fingerprint density at radius 2 is 1.63 bits per heavy atom. The number of rotatable bonds is 7. The molecule has 3 nitrogen and oxygen atoms in total. The van der Waals surface area contributed by atoms with Crippen molar-refractivity contribution >= 4 is 0 Å². The van der Waals surface area contributed by atoms with Crippen LogP contribution >= 0.6 is 0 Å². The van der Waals surface area contributed by atoms with E-state index >= 15 is 0 Å². The van der Waals surface area contributed by atoms with Gasteiger partial charge in [0.2, 0.25) is 0 Å². The topological polar surface area (TPSA) is 60.7 Å². The molecule has 0 spiro atoms. The summed E-state index contributed by atoms with van der Waals surface area (Å²) in [6.07, 6.45) is 17.2. The van der Waals surface area contributed by atoms with Crippen LogP contribution in [0.5, 0.6) is 0 Å². The molecule has 3 N–H and O–H groups in total. The van der Waals surface area contributed by atoms with Crippen molar-refractivity contribution in [3.8, 4) is 0 Å². The van der Waals surface area contributed by atoms with Crippen molar-refractivity contribution in [1.82, 2.24) is 0 Å². The Morgan fingerprint density at radius 1 is 0.900 bits per heavy atom. The lowest BCUT2D eigenvalue weighted by Crippen LogP contribution is -2.65. The predicted octanol–water partition coefficient (Wildman–Crippen LogP) is 5.76. The SMILES string of the molecule is CCCCCCCC[C@H]1CC[C@H]2C3=CC(O)[C@@]4(O)C[C@@H](O)CC[C@]4(C)[C@H]3CC[C@]12C. The molecule has 0 amide bonds. The minimum atomic E-state index is -1.18. The van der Waals surface area contributed by atoms with Gasteiger partial charge in [-0.1, -0.05) is 70.9 Å². The van der Waals surface area contributed by atoms with E-state index in [2.05, 4.69) is 20.8 Å². The van der Waals surface area contributed by atoms with Crippen LogP contribution in [0.25, 0.3) is 0 Å². The number of allylic oxidation sites excluding steroid dienone is 1. The molecule has 0 aromatic carbocycles. The Balaban J connectivity index is 1.48. The van der Waals surface area contributed by atoms with E-state index in [4.69, 9.17) is 0 Å². The van der Waals surface area contributed by atoms with E-state index in [0.717, 1.165) is 25.2 Å². The maximum Gasteiger partial charge on any atom is 0.102 e. The summed E-state index contributed by atoms with van der Waals surface area (Å²) < 4.78 is 0. The normalized spacial score (nSPS) is 47.9. The van der Waals surface area contributed by atoms with E-state index in [9.17, 15) is 15.3 Å². The summed E-state index contributed by atoms with van der Waals surface area (Å²) in [5.41, 5.74) is 0.341. The largest absolute Gasteiger partial charge is 0.393 e. The summed E-state index contributed by atoms with van der Waals surface area (Å²) in [7, 11) is 0. The van der Waals surface area contributed by atoms with Crippen molar-refractivity contribution < 1.29 is 15.3 Å². The molecule has 4 rings (SSSR count). The smallest absolute Gasteiger partial charge is 0.102 e. The fourth-order valence-corrected chi connectivity index (χ4v) is 8.30. The van der Waals surface area contributed by atoms with Gasteiger partial charge in [0.05, 0.1) is 6.10 Å². The van der Waals surface area contributed by atoms with E-state index in [-0.39, 0.29) is 5.41 Å². The number of fused-ring (bicyclic) bond motifs is 5. The van der Waals surface area contributed by atoms with Gasteiger partial charge in [-0.05, 0) is 68.1 Å². The third-order valence-electron chi connectivity index (χ3n) is 10.4. The van der Waals surface area contributed by atoms with Crippen molar-refractivity contribution in [2.24, 2.45) is 28.6 Å². The lowest BCUT2D eigenvalue weighted by atomic mass is 9.46. The molecule has 0 radical (unpaired) electrons. The molecule has 1 unspecified atom stereocenters. The Labute approximate surface area is 184 Å². The van der Waals surface area contributed by atoms with Crippen LogP contribution < -0.4 is 0 Å². The monoisotopic (exact) mass is 418 g/mol. The predicted molar refractivity (Wildman–Crippen MR) is 122 cm³/mol. The highest BCUT2D eigenvalue weighted by atomic mass is 16.3. The standard InChI is InChI=1S/C27H46O3/c1-4-5-6-7-8-9-10-19-11-12-22-21-17-24(29)27(30)18-20(28)13-16-26(27,3)23(21)14-15-25(19,22)2/h17,19-20,22-24,28-30H,4-16,18H2,1-3H3/t19-,20-,22-,23-,24?,25+,26+,27-/m0/s1. The molecular formula is C27H46O3. The summed E-state index contributed by atoms with van der Waals surface area (Å²) >= 11 is 0. The quantitative estimate of drug-likeness (QED) is 0.364. The van der Waals surface area contributed by atoms with Crippen molar-refractivity contribution in [1.29, 1.82) is 0 Å². The van der Waals surface area contributed by atoms with Gasteiger partial charge in [0.15, 0.2) is 0 Å². The first-order valence-electron chi connectivity index (χ1n) is 13.1. The first-order chi connectivity index (χ1) is 14.3. The second-order valence-electron chi connectivity index (χ2n) is 11.8. The van der Waals surface area contributed by atoms with Crippen LogP contribution in [-0.2, 0) is 0 Å². The Kier molecular flexibility index (Phi) is 6.48. The average Bonchev–Trinajstić information content (AvgIpc) is 3.04. The van der Waals surface area contributed by atoms with Crippen LogP contribution in [0.15, 0.2) is 11.6 Å². The molecule has 4 aliphatic carbocycles. The number of hydrogen-bond acceptors (Lipinski definition) is 3. The first kappa shape index (κ1) is 22.8. The highest BCUT2D eigenvalue weighted by Crippen LogP contribution is 2.67. The molecule has 172 valence electrons. The minimum Gasteiger partial charge on any atom is -0.393 e. The number of aliphatic hydroxyl groups is 3. The lowest BCUT2D eigenvalue weighted by Gasteiger charge is -2.62. The van der Waals surface area contributed by atoms with E-state index in [1.165, 1.54) is 69.8 Å². The van der Waals surface area contributed by atoms with Crippen molar-refractivity contribution in [2.45, 2.75) is 128 Å². The van der Waals surface area contributed by atoms with Gasteiger partial charge in [-0.3, -0.25) is 0 Å². The molecule has 0 aromatic heterocycles. The second-order valence-corrected chi connectivity index (χ2v) is 11.8. The first-order valence-corrected chi connectivity index (χ1v) is 13.1. The van der Waals surface area contributed by atoms with Crippen LogP contribution in [0.3, 0.4) is 0 Å². The van der Waals surface area contributed by atoms with Crippen LogP contribution in [-0.4, -0.2) is 33.1 Å². The van der Waals surface area contributed by atoms with Crippen LogP contribution in [0.4, 0.5) is 0 Å². The van der Waals surface area contributed by atoms with Gasteiger partial charge in [-0.15, -0.1) is 0 Å². The molecule has 0 saturated heterocycles. The van der Waals surface area contributed by atoms with E-state index in [1.54, 1.807) is 0 Å². The molecule has 8 atom stereocenters.